The third-order valence-electron chi connectivity index (χ3n) is 2.67. The van der Waals surface area contributed by atoms with Crippen LogP contribution in [0.3, 0.4) is 0 Å². The fourth-order valence-electron chi connectivity index (χ4n) is 1.81. The highest BCUT2D eigenvalue weighted by molar-refractivity contribution is 5.13. The highest BCUT2D eigenvalue weighted by Crippen LogP contribution is 2.22. The van der Waals surface area contributed by atoms with Crippen LogP contribution >= 0.6 is 0 Å². The summed E-state index contributed by atoms with van der Waals surface area (Å²) in [5.74, 6) is 0. The molecule has 4 heteroatoms. The van der Waals surface area contributed by atoms with Crippen LogP contribution in [-0.4, -0.2) is 35.3 Å². The number of rotatable bonds is 4. The summed E-state index contributed by atoms with van der Waals surface area (Å²) in [7, 11) is 0. The summed E-state index contributed by atoms with van der Waals surface area (Å²) in [6.07, 6.45) is -1.06. The number of aliphatic hydroxyl groups is 2. The molecule has 88 valence electrons. The van der Waals surface area contributed by atoms with Crippen molar-refractivity contribution in [1.29, 1.82) is 0 Å². The van der Waals surface area contributed by atoms with Crippen molar-refractivity contribution in [3.63, 3.8) is 0 Å². The van der Waals surface area contributed by atoms with Crippen LogP contribution in [0.4, 0.5) is 0 Å². The smallest absolute Gasteiger partial charge is 0.157 e. The summed E-state index contributed by atoms with van der Waals surface area (Å²) in [5.41, 5.74) is 1.07. The Morgan fingerprint density at radius 2 is 2.06 bits per heavy atom. The van der Waals surface area contributed by atoms with Gasteiger partial charge in [0.15, 0.2) is 6.29 Å². The van der Waals surface area contributed by atoms with Gasteiger partial charge in [-0.1, -0.05) is 30.3 Å². The first kappa shape index (κ1) is 11.5. The summed E-state index contributed by atoms with van der Waals surface area (Å²) in [4.78, 5) is 0. The summed E-state index contributed by atoms with van der Waals surface area (Å²) >= 11 is 0. The molecule has 1 aromatic carbocycles. The lowest BCUT2D eigenvalue weighted by molar-refractivity contribution is -0.112. The van der Waals surface area contributed by atoms with Gasteiger partial charge in [0.05, 0.1) is 19.3 Å². The van der Waals surface area contributed by atoms with E-state index in [4.69, 9.17) is 14.6 Å². The van der Waals surface area contributed by atoms with Crippen LogP contribution in [0.25, 0.3) is 0 Å². The van der Waals surface area contributed by atoms with Gasteiger partial charge in [0.2, 0.25) is 0 Å². The number of aliphatic hydroxyl groups excluding tert-OH is 2. The maximum Gasteiger partial charge on any atom is 0.157 e. The molecule has 0 saturated carbocycles. The van der Waals surface area contributed by atoms with E-state index in [1.165, 1.54) is 0 Å². The van der Waals surface area contributed by atoms with Crippen LogP contribution in [-0.2, 0) is 16.1 Å². The zero-order valence-corrected chi connectivity index (χ0v) is 8.95. The van der Waals surface area contributed by atoms with E-state index in [9.17, 15) is 5.11 Å². The van der Waals surface area contributed by atoms with Crippen molar-refractivity contribution in [2.75, 3.05) is 6.61 Å². The first-order valence-electron chi connectivity index (χ1n) is 5.39. The van der Waals surface area contributed by atoms with Gasteiger partial charge in [0, 0.05) is 6.42 Å². The molecular formula is C12H16O4. The van der Waals surface area contributed by atoms with Crippen LogP contribution < -0.4 is 0 Å². The van der Waals surface area contributed by atoms with E-state index in [0.29, 0.717) is 13.0 Å². The van der Waals surface area contributed by atoms with E-state index in [1.54, 1.807) is 0 Å². The quantitative estimate of drug-likeness (QED) is 0.789. The maximum absolute atomic E-state index is 9.28. The molecule has 2 N–H and O–H groups in total. The van der Waals surface area contributed by atoms with Crippen molar-refractivity contribution in [1.82, 2.24) is 0 Å². The van der Waals surface area contributed by atoms with Crippen LogP contribution in [0, 0.1) is 0 Å². The fourth-order valence-corrected chi connectivity index (χ4v) is 1.81. The number of hydrogen-bond donors (Lipinski definition) is 2. The molecule has 0 aliphatic carbocycles. The Morgan fingerprint density at radius 3 is 2.75 bits per heavy atom. The first-order chi connectivity index (χ1) is 7.79. The molecule has 1 saturated heterocycles. The zero-order chi connectivity index (χ0) is 11.4. The lowest BCUT2D eigenvalue weighted by Gasteiger charge is -2.16. The predicted octanol–water partition coefficient (Wildman–Crippen LogP) is 0.671. The minimum atomic E-state index is -0.821. The van der Waals surface area contributed by atoms with Crippen molar-refractivity contribution in [3.8, 4) is 0 Å². The van der Waals surface area contributed by atoms with Crippen molar-refractivity contribution in [2.24, 2.45) is 0 Å². The summed E-state index contributed by atoms with van der Waals surface area (Å²) in [5, 5.41) is 18.3. The van der Waals surface area contributed by atoms with E-state index in [1.807, 2.05) is 30.3 Å². The number of ether oxygens (including phenoxy) is 2. The molecule has 1 aliphatic rings. The van der Waals surface area contributed by atoms with Gasteiger partial charge in [-0.3, -0.25) is 0 Å². The topological polar surface area (TPSA) is 58.9 Å². The molecule has 3 atom stereocenters. The minimum absolute atomic E-state index is 0.128. The molecule has 0 aromatic heterocycles. The standard InChI is InChI=1S/C12H16O4/c13-7-11-10(6-12(14)16-11)15-8-9-4-2-1-3-5-9/h1-5,10-14H,6-8H2/t10-,11+,12-/m1/s1. The monoisotopic (exact) mass is 224 g/mol. The molecule has 0 radical (unpaired) electrons. The second-order valence-corrected chi connectivity index (χ2v) is 3.88. The third kappa shape index (κ3) is 2.80. The molecule has 16 heavy (non-hydrogen) atoms. The second kappa shape index (κ2) is 5.41. The Labute approximate surface area is 94.4 Å². The van der Waals surface area contributed by atoms with Gasteiger partial charge in [-0.05, 0) is 5.56 Å². The van der Waals surface area contributed by atoms with Gasteiger partial charge in [0.1, 0.15) is 6.10 Å². The fraction of sp³-hybridized carbons (Fsp3) is 0.500. The summed E-state index contributed by atoms with van der Waals surface area (Å²) in [6.45, 7) is 0.342. The Morgan fingerprint density at radius 1 is 1.31 bits per heavy atom. The average molecular weight is 224 g/mol. The van der Waals surface area contributed by atoms with Gasteiger partial charge < -0.3 is 19.7 Å². The number of benzene rings is 1. The van der Waals surface area contributed by atoms with E-state index < -0.39 is 12.4 Å². The first-order valence-corrected chi connectivity index (χ1v) is 5.39. The molecule has 0 amide bonds. The van der Waals surface area contributed by atoms with Crippen molar-refractivity contribution in [3.05, 3.63) is 35.9 Å². The Balaban J connectivity index is 1.86. The lowest BCUT2D eigenvalue weighted by atomic mass is 10.2. The number of hydrogen-bond acceptors (Lipinski definition) is 4. The molecule has 0 unspecified atom stereocenters. The maximum atomic E-state index is 9.28. The van der Waals surface area contributed by atoms with E-state index in [2.05, 4.69) is 0 Å². The molecular weight excluding hydrogens is 208 g/mol. The molecule has 4 nitrogen and oxygen atoms in total. The molecule has 1 aliphatic heterocycles. The molecule has 1 heterocycles. The minimum Gasteiger partial charge on any atom is -0.394 e. The van der Waals surface area contributed by atoms with Crippen LogP contribution in [0.2, 0.25) is 0 Å². The molecule has 1 aromatic rings. The van der Waals surface area contributed by atoms with E-state index in [0.717, 1.165) is 5.56 Å². The van der Waals surface area contributed by atoms with Crippen molar-refractivity contribution >= 4 is 0 Å². The highest BCUT2D eigenvalue weighted by atomic mass is 16.6. The van der Waals surface area contributed by atoms with Crippen molar-refractivity contribution in [2.45, 2.75) is 31.5 Å². The Kier molecular flexibility index (Phi) is 3.90. The second-order valence-electron chi connectivity index (χ2n) is 3.88. The van der Waals surface area contributed by atoms with E-state index >= 15 is 0 Å². The predicted molar refractivity (Wildman–Crippen MR) is 57.6 cm³/mol. The normalized spacial score (nSPS) is 29.5. The van der Waals surface area contributed by atoms with Crippen LogP contribution in [0.1, 0.15) is 12.0 Å². The molecule has 2 rings (SSSR count). The SMILES string of the molecule is OC[C@@H]1O[C@@H](O)C[C@H]1OCc1ccccc1. The summed E-state index contributed by atoms with van der Waals surface area (Å²) < 4.78 is 10.7. The molecule has 1 fully saturated rings. The van der Waals surface area contributed by atoms with Crippen LogP contribution in [0.15, 0.2) is 30.3 Å². The van der Waals surface area contributed by atoms with Crippen LogP contribution in [0.5, 0.6) is 0 Å². The largest absolute Gasteiger partial charge is 0.394 e. The Hall–Kier alpha value is -0.940. The summed E-state index contributed by atoms with van der Waals surface area (Å²) in [6, 6.07) is 9.78. The lowest BCUT2D eigenvalue weighted by Crippen LogP contribution is -2.27. The van der Waals surface area contributed by atoms with Crippen molar-refractivity contribution < 1.29 is 19.7 Å². The van der Waals surface area contributed by atoms with Gasteiger partial charge in [-0.15, -0.1) is 0 Å². The van der Waals surface area contributed by atoms with Gasteiger partial charge >= 0.3 is 0 Å². The average Bonchev–Trinajstić information content (AvgIpc) is 2.68. The van der Waals surface area contributed by atoms with Gasteiger partial charge in [-0.25, -0.2) is 0 Å². The Bertz CT molecular complexity index is 314. The van der Waals surface area contributed by atoms with Gasteiger partial charge in [0.25, 0.3) is 0 Å². The van der Waals surface area contributed by atoms with Gasteiger partial charge in [-0.2, -0.15) is 0 Å². The van der Waals surface area contributed by atoms with E-state index in [-0.39, 0.29) is 12.7 Å². The zero-order valence-electron chi connectivity index (χ0n) is 8.95. The molecule has 0 bridgehead atoms. The third-order valence-corrected chi connectivity index (χ3v) is 2.67. The highest BCUT2D eigenvalue weighted by Gasteiger charge is 2.34. The molecule has 0 spiro atoms.